The molecule has 144 valence electrons. The van der Waals surface area contributed by atoms with Crippen molar-refractivity contribution in [3.05, 3.63) is 35.4 Å². The van der Waals surface area contributed by atoms with E-state index in [0.29, 0.717) is 5.96 Å². The molecule has 0 saturated heterocycles. The van der Waals surface area contributed by atoms with Crippen LogP contribution >= 0.6 is 0 Å². The highest BCUT2D eigenvalue weighted by Gasteiger charge is 2.25. The second-order valence-corrected chi connectivity index (χ2v) is 7.73. The molecule has 0 aromatic heterocycles. The van der Waals surface area contributed by atoms with Crippen molar-refractivity contribution in [2.45, 2.75) is 78.4 Å². The first-order valence-electron chi connectivity index (χ1n) is 9.92. The Morgan fingerprint density at radius 2 is 1.65 bits per heavy atom. The van der Waals surface area contributed by atoms with Crippen molar-refractivity contribution in [1.29, 1.82) is 0 Å². The summed E-state index contributed by atoms with van der Waals surface area (Å²) in [5.41, 5.74) is 8.04. The maximum Gasteiger partial charge on any atom is 0.203 e. The number of aryl methyl sites for hydroxylation is 1. The van der Waals surface area contributed by atoms with E-state index < -0.39 is 5.66 Å². The molecule has 3 N–H and O–H groups in total. The van der Waals surface area contributed by atoms with E-state index in [2.05, 4.69) is 53.3 Å². The van der Waals surface area contributed by atoms with Gasteiger partial charge in [0.25, 0.3) is 0 Å². The van der Waals surface area contributed by atoms with Crippen molar-refractivity contribution < 1.29 is 0 Å². The number of hydrogen-bond acceptors (Lipinski definition) is 5. The van der Waals surface area contributed by atoms with Crippen molar-refractivity contribution in [2.24, 2.45) is 15.7 Å². The van der Waals surface area contributed by atoms with E-state index in [4.69, 9.17) is 10.7 Å². The lowest BCUT2D eigenvalue weighted by molar-refractivity contribution is 0.373. The van der Waals surface area contributed by atoms with Gasteiger partial charge in [0.2, 0.25) is 5.96 Å². The van der Waals surface area contributed by atoms with Crippen molar-refractivity contribution in [3.63, 3.8) is 0 Å². The summed E-state index contributed by atoms with van der Waals surface area (Å²) in [5.74, 6) is 1.27. The SMILES string of the molecule is CCCCCCCCN(Cc1ccc(C)cc1)C1=NC(C)(C)N=C(N)N1. The minimum Gasteiger partial charge on any atom is -0.370 e. The largest absolute Gasteiger partial charge is 0.370 e. The lowest BCUT2D eigenvalue weighted by Gasteiger charge is -2.32. The van der Waals surface area contributed by atoms with E-state index in [1.807, 2.05) is 13.8 Å². The maximum atomic E-state index is 5.99. The van der Waals surface area contributed by atoms with Crippen molar-refractivity contribution in [2.75, 3.05) is 6.54 Å². The first-order chi connectivity index (χ1) is 12.4. The monoisotopic (exact) mass is 357 g/mol. The average molecular weight is 358 g/mol. The first kappa shape index (κ1) is 20.3. The predicted molar refractivity (Wildman–Crippen MR) is 111 cm³/mol. The minimum atomic E-state index is -0.517. The molecule has 0 spiro atoms. The molecule has 1 aromatic carbocycles. The van der Waals surface area contributed by atoms with E-state index in [-0.39, 0.29) is 0 Å². The van der Waals surface area contributed by atoms with Gasteiger partial charge in [-0.1, -0.05) is 68.9 Å². The van der Waals surface area contributed by atoms with Crippen LogP contribution in [0.5, 0.6) is 0 Å². The topological polar surface area (TPSA) is 66.0 Å². The van der Waals surface area contributed by atoms with Crippen LogP contribution in [-0.4, -0.2) is 29.0 Å². The molecule has 0 amide bonds. The Morgan fingerprint density at radius 3 is 2.31 bits per heavy atom. The molecule has 1 heterocycles. The number of aliphatic imine (C=N–C) groups is 2. The number of benzene rings is 1. The fraction of sp³-hybridized carbons (Fsp3) is 0.619. The van der Waals surface area contributed by atoms with Crippen LogP contribution in [0.15, 0.2) is 34.3 Å². The molecule has 5 heteroatoms. The van der Waals surface area contributed by atoms with Gasteiger partial charge >= 0.3 is 0 Å². The van der Waals surface area contributed by atoms with E-state index in [1.165, 1.54) is 43.2 Å². The van der Waals surface area contributed by atoms with Gasteiger partial charge in [-0.15, -0.1) is 0 Å². The van der Waals surface area contributed by atoms with E-state index in [0.717, 1.165) is 25.5 Å². The van der Waals surface area contributed by atoms with E-state index >= 15 is 0 Å². The molecule has 0 fully saturated rings. The molecule has 1 aromatic rings. The third-order valence-electron chi connectivity index (χ3n) is 4.59. The molecule has 0 unspecified atom stereocenters. The summed E-state index contributed by atoms with van der Waals surface area (Å²) in [6.07, 6.45) is 7.68. The smallest absolute Gasteiger partial charge is 0.203 e. The van der Waals surface area contributed by atoms with Crippen LogP contribution < -0.4 is 11.1 Å². The van der Waals surface area contributed by atoms with Crippen molar-refractivity contribution >= 4 is 11.9 Å². The van der Waals surface area contributed by atoms with E-state index in [9.17, 15) is 0 Å². The second-order valence-electron chi connectivity index (χ2n) is 7.73. The fourth-order valence-electron chi connectivity index (χ4n) is 3.16. The lowest BCUT2D eigenvalue weighted by Crippen LogP contribution is -2.51. The molecule has 26 heavy (non-hydrogen) atoms. The Labute approximate surface area is 158 Å². The molecule has 0 atom stereocenters. The van der Waals surface area contributed by atoms with Gasteiger partial charge in [-0.25, -0.2) is 9.98 Å². The number of nitrogens with two attached hydrogens (primary N) is 1. The van der Waals surface area contributed by atoms with Crippen LogP contribution in [0.25, 0.3) is 0 Å². The molecule has 5 nitrogen and oxygen atoms in total. The quantitative estimate of drug-likeness (QED) is 0.652. The maximum absolute atomic E-state index is 5.99. The number of rotatable bonds is 9. The number of unbranched alkanes of at least 4 members (excludes halogenated alkanes) is 5. The van der Waals surface area contributed by atoms with Gasteiger partial charge in [0.15, 0.2) is 11.6 Å². The molecule has 0 aliphatic carbocycles. The van der Waals surface area contributed by atoms with Crippen LogP contribution in [0, 0.1) is 6.92 Å². The normalized spacial score (nSPS) is 15.8. The minimum absolute atomic E-state index is 0.442. The number of nitrogens with zero attached hydrogens (tertiary/aromatic N) is 3. The van der Waals surface area contributed by atoms with Gasteiger partial charge in [0, 0.05) is 13.1 Å². The molecule has 0 bridgehead atoms. The lowest BCUT2D eigenvalue weighted by atomic mass is 10.1. The molecule has 1 aliphatic heterocycles. The molecule has 1 aliphatic rings. The Kier molecular flexibility index (Phi) is 7.49. The van der Waals surface area contributed by atoms with Crippen LogP contribution in [-0.2, 0) is 6.54 Å². The van der Waals surface area contributed by atoms with Gasteiger partial charge in [0.05, 0.1) is 0 Å². The average Bonchev–Trinajstić information content (AvgIpc) is 2.57. The zero-order valence-corrected chi connectivity index (χ0v) is 16.9. The van der Waals surface area contributed by atoms with Gasteiger partial charge < -0.3 is 10.6 Å². The van der Waals surface area contributed by atoms with Crippen LogP contribution in [0.3, 0.4) is 0 Å². The summed E-state index contributed by atoms with van der Waals surface area (Å²) in [7, 11) is 0. The van der Waals surface area contributed by atoms with Crippen LogP contribution in [0.4, 0.5) is 0 Å². The Hall–Kier alpha value is -2.04. The number of hydrogen-bond donors (Lipinski definition) is 2. The first-order valence-corrected chi connectivity index (χ1v) is 9.92. The number of nitrogens with one attached hydrogen (secondary N) is 1. The van der Waals surface area contributed by atoms with Crippen molar-refractivity contribution in [3.8, 4) is 0 Å². The Bertz CT molecular complexity index is 616. The van der Waals surface area contributed by atoms with Gasteiger partial charge in [-0.2, -0.15) is 0 Å². The summed E-state index contributed by atoms with van der Waals surface area (Å²) in [5, 5.41) is 3.17. The molecular weight excluding hydrogens is 322 g/mol. The fourth-order valence-corrected chi connectivity index (χ4v) is 3.16. The molecule has 2 rings (SSSR count). The zero-order chi connectivity index (χ0) is 19.0. The molecular formula is C21H35N5. The summed E-state index contributed by atoms with van der Waals surface area (Å²) in [6, 6.07) is 8.70. The third-order valence-corrected chi connectivity index (χ3v) is 4.59. The third kappa shape index (κ3) is 6.70. The van der Waals surface area contributed by atoms with Crippen LogP contribution in [0.2, 0.25) is 0 Å². The van der Waals surface area contributed by atoms with Crippen LogP contribution in [0.1, 0.15) is 70.4 Å². The Morgan fingerprint density at radius 1 is 1.00 bits per heavy atom. The summed E-state index contributed by atoms with van der Waals surface area (Å²) in [4.78, 5) is 11.4. The summed E-state index contributed by atoms with van der Waals surface area (Å²) >= 11 is 0. The highest BCUT2D eigenvalue weighted by molar-refractivity contribution is 5.99. The molecule has 0 saturated carbocycles. The summed E-state index contributed by atoms with van der Waals surface area (Å²) < 4.78 is 0. The highest BCUT2D eigenvalue weighted by Crippen LogP contribution is 2.17. The predicted octanol–water partition coefficient (Wildman–Crippen LogP) is 4.17. The van der Waals surface area contributed by atoms with E-state index in [1.54, 1.807) is 0 Å². The molecule has 0 radical (unpaired) electrons. The summed E-state index contributed by atoms with van der Waals surface area (Å²) in [6.45, 7) is 10.1. The highest BCUT2D eigenvalue weighted by atomic mass is 15.4. The van der Waals surface area contributed by atoms with Crippen molar-refractivity contribution in [1.82, 2.24) is 10.2 Å². The van der Waals surface area contributed by atoms with Gasteiger partial charge in [-0.05, 0) is 32.8 Å². The number of guanidine groups is 2. The Balaban J connectivity index is 2.03. The standard InChI is InChI=1S/C21H35N5/c1-5-6-7-8-9-10-15-26(16-18-13-11-17(2)12-14-18)20-23-19(22)24-21(3,4)25-20/h11-14H,5-10,15-16H2,1-4H3,(H3,22,23,24,25). The zero-order valence-electron chi connectivity index (χ0n) is 16.9. The second kappa shape index (κ2) is 9.60. The van der Waals surface area contributed by atoms with Gasteiger partial charge in [0.1, 0.15) is 0 Å². The van der Waals surface area contributed by atoms with Gasteiger partial charge in [-0.3, -0.25) is 5.32 Å².